The highest BCUT2D eigenvalue weighted by molar-refractivity contribution is 7.89. The third-order valence-corrected chi connectivity index (χ3v) is 5.24. The second-order valence-corrected chi connectivity index (χ2v) is 6.94. The minimum absolute atomic E-state index is 0.280. The molecule has 4 nitrogen and oxygen atoms in total. The summed E-state index contributed by atoms with van der Waals surface area (Å²) >= 11 is 5.68. The Morgan fingerprint density at radius 1 is 1.32 bits per heavy atom. The summed E-state index contributed by atoms with van der Waals surface area (Å²) < 4.78 is 26.1. The Kier molecular flexibility index (Phi) is 4.47. The van der Waals surface area contributed by atoms with Gasteiger partial charge in [-0.2, -0.15) is 0 Å². The third kappa shape index (κ3) is 3.09. The van der Waals surface area contributed by atoms with Crippen LogP contribution >= 0.6 is 11.6 Å². The number of hydrogen-bond acceptors (Lipinski definition) is 3. The zero-order valence-corrected chi connectivity index (χ0v) is 12.4. The van der Waals surface area contributed by atoms with Crippen LogP contribution in [-0.4, -0.2) is 31.5 Å². The minimum Gasteiger partial charge on any atom is -0.256 e. The van der Waals surface area contributed by atoms with Gasteiger partial charge in [0.05, 0.1) is 5.69 Å². The number of rotatable bonds is 5. The van der Waals surface area contributed by atoms with Crippen LogP contribution < -0.4 is 0 Å². The number of hydrogen-bond donors (Lipinski definition) is 0. The minimum atomic E-state index is -3.44. The lowest BCUT2D eigenvalue weighted by atomic mass is 10.1. The van der Waals surface area contributed by atoms with E-state index in [0.29, 0.717) is 24.0 Å². The average molecular weight is 301 g/mol. The van der Waals surface area contributed by atoms with Gasteiger partial charge in [-0.15, -0.1) is 11.6 Å². The molecule has 6 heteroatoms. The van der Waals surface area contributed by atoms with Crippen molar-refractivity contribution in [3.63, 3.8) is 0 Å². The zero-order chi connectivity index (χ0) is 13.9. The van der Waals surface area contributed by atoms with Gasteiger partial charge in [0.1, 0.15) is 11.2 Å². The summed E-state index contributed by atoms with van der Waals surface area (Å²) in [6, 6.07) is 6.79. The van der Waals surface area contributed by atoms with Crippen LogP contribution in [0.4, 0.5) is 5.69 Å². The smallest absolute Gasteiger partial charge is 0.256 e. The summed E-state index contributed by atoms with van der Waals surface area (Å²) in [7, 11) is -3.44. The van der Waals surface area contributed by atoms with Crippen molar-refractivity contribution in [3.8, 4) is 0 Å². The maximum Gasteiger partial charge on any atom is 0.267 e. The molecule has 0 aliphatic carbocycles. The number of sulfonamides is 1. The fourth-order valence-corrected chi connectivity index (χ4v) is 3.73. The van der Waals surface area contributed by atoms with E-state index in [1.807, 2.05) is 0 Å². The van der Waals surface area contributed by atoms with Crippen LogP contribution in [0.3, 0.4) is 0 Å². The number of aliphatic imine (C=N–C) groups is 1. The van der Waals surface area contributed by atoms with Gasteiger partial charge in [0.25, 0.3) is 10.0 Å². The van der Waals surface area contributed by atoms with E-state index < -0.39 is 10.0 Å². The molecule has 1 heterocycles. The summed E-state index contributed by atoms with van der Waals surface area (Å²) in [6.07, 6.45) is 3.08. The predicted molar refractivity (Wildman–Crippen MR) is 77.6 cm³/mol. The van der Waals surface area contributed by atoms with E-state index in [0.717, 1.165) is 12.8 Å². The molecule has 0 fully saturated rings. The highest BCUT2D eigenvalue weighted by atomic mass is 35.5. The van der Waals surface area contributed by atoms with E-state index in [2.05, 4.69) is 11.9 Å². The molecule has 1 atom stereocenters. The van der Waals surface area contributed by atoms with Crippen molar-refractivity contribution in [1.82, 2.24) is 4.31 Å². The van der Waals surface area contributed by atoms with Gasteiger partial charge in [0, 0.05) is 12.4 Å². The molecule has 0 bridgehead atoms. The fourth-order valence-electron chi connectivity index (χ4n) is 1.95. The predicted octanol–water partition coefficient (Wildman–Crippen LogP) is 3.01. The van der Waals surface area contributed by atoms with Crippen LogP contribution in [0.5, 0.6) is 0 Å². The highest BCUT2D eigenvalue weighted by Crippen LogP contribution is 2.30. The third-order valence-electron chi connectivity index (χ3n) is 3.22. The van der Waals surface area contributed by atoms with Crippen molar-refractivity contribution < 1.29 is 8.42 Å². The molecular weight excluding hydrogens is 284 g/mol. The number of benzene rings is 1. The molecule has 104 valence electrons. The zero-order valence-electron chi connectivity index (χ0n) is 10.8. The van der Waals surface area contributed by atoms with Crippen LogP contribution in [0, 0.1) is 5.92 Å². The number of fused-ring (bicyclic) bond motifs is 1. The summed E-state index contributed by atoms with van der Waals surface area (Å²) in [5, 5.41) is 0. The summed E-state index contributed by atoms with van der Waals surface area (Å²) in [6.45, 7) is 2.52. The normalized spacial score (nSPS) is 18.1. The second-order valence-electron chi connectivity index (χ2n) is 4.70. The number of halogens is 1. The van der Waals surface area contributed by atoms with Crippen molar-refractivity contribution in [2.45, 2.75) is 24.7 Å². The number of nitrogens with zero attached hydrogens (tertiary/aromatic N) is 2. The average Bonchev–Trinajstić information content (AvgIpc) is 2.38. The van der Waals surface area contributed by atoms with Gasteiger partial charge in [0.2, 0.25) is 0 Å². The van der Waals surface area contributed by atoms with Crippen molar-refractivity contribution in [2.75, 3.05) is 12.4 Å². The maximum absolute atomic E-state index is 12.4. The van der Waals surface area contributed by atoms with E-state index in [1.165, 1.54) is 10.6 Å². The number of para-hydroxylation sites is 1. The second kappa shape index (κ2) is 5.92. The molecule has 19 heavy (non-hydrogen) atoms. The molecule has 0 saturated carbocycles. The lowest BCUT2D eigenvalue weighted by Gasteiger charge is -2.25. The first-order valence-corrected chi connectivity index (χ1v) is 8.24. The molecule has 1 aromatic carbocycles. The Bertz CT molecular complexity index is 572. The van der Waals surface area contributed by atoms with Crippen molar-refractivity contribution in [3.05, 3.63) is 24.3 Å². The van der Waals surface area contributed by atoms with Crippen molar-refractivity contribution in [2.24, 2.45) is 10.9 Å². The Morgan fingerprint density at radius 2 is 2.05 bits per heavy atom. The highest BCUT2D eigenvalue weighted by Gasteiger charge is 2.28. The molecule has 0 saturated heterocycles. The van der Waals surface area contributed by atoms with E-state index in [9.17, 15) is 8.42 Å². The molecule has 1 aromatic rings. The Morgan fingerprint density at radius 3 is 2.79 bits per heavy atom. The van der Waals surface area contributed by atoms with E-state index in [-0.39, 0.29) is 4.90 Å². The van der Waals surface area contributed by atoms with Gasteiger partial charge in [0.15, 0.2) is 0 Å². The molecule has 0 N–H and O–H groups in total. The topological polar surface area (TPSA) is 49.7 Å². The van der Waals surface area contributed by atoms with Gasteiger partial charge in [-0.05, 0) is 30.9 Å². The molecule has 0 spiro atoms. The van der Waals surface area contributed by atoms with Crippen LogP contribution in [-0.2, 0) is 10.0 Å². The van der Waals surface area contributed by atoms with Gasteiger partial charge in [-0.25, -0.2) is 13.4 Å². The standard InChI is InChI=1S/C13H17ClN2O2S/c1-11(6-8-14)7-9-16-10-15-12-4-2-3-5-13(12)19(16,17)18/h2-5,10-11H,6-9H2,1H3. The van der Waals surface area contributed by atoms with E-state index in [1.54, 1.807) is 24.3 Å². The van der Waals surface area contributed by atoms with Crippen LogP contribution in [0.25, 0.3) is 0 Å². The Balaban J connectivity index is 2.14. The number of alkyl halides is 1. The lowest BCUT2D eigenvalue weighted by Crippen LogP contribution is -2.33. The Labute approximate surface area is 119 Å². The van der Waals surface area contributed by atoms with Crippen LogP contribution in [0.15, 0.2) is 34.2 Å². The molecule has 0 amide bonds. The molecule has 1 unspecified atom stereocenters. The van der Waals surface area contributed by atoms with E-state index >= 15 is 0 Å². The first kappa shape index (κ1) is 14.3. The molecule has 2 rings (SSSR count). The van der Waals surface area contributed by atoms with Gasteiger partial charge in [-0.3, -0.25) is 4.31 Å². The molecule has 0 aromatic heterocycles. The van der Waals surface area contributed by atoms with Crippen molar-refractivity contribution in [1.29, 1.82) is 0 Å². The van der Waals surface area contributed by atoms with Gasteiger partial charge in [-0.1, -0.05) is 19.1 Å². The molecule has 1 aliphatic heterocycles. The summed E-state index contributed by atoms with van der Waals surface area (Å²) in [5.74, 6) is 1.00. The first-order valence-electron chi connectivity index (χ1n) is 6.26. The van der Waals surface area contributed by atoms with Crippen LogP contribution in [0.1, 0.15) is 19.8 Å². The first-order chi connectivity index (χ1) is 9.05. The lowest BCUT2D eigenvalue weighted by molar-refractivity contribution is 0.451. The quantitative estimate of drug-likeness (QED) is 0.785. The van der Waals surface area contributed by atoms with Crippen LogP contribution in [0.2, 0.25) is 0 Å². The van der Waals surface area contributed by atoms with Gasteiger partial charge >= 0.3 is 0 Å². The molecule has 0 radical (unpaired) electrons. The summed E-state index contributed by atoms with van der Waals surface area (Å²) in [4.78, 5) is 4.47. The summed E-state index contributed by atoms with van der Waals surface area (Å²) in [5.41, 5.74) is 0.507. The molecule has 1 aliphatic rings. The van der Waals surface area contributed by atoms with E-state index in [4.69, 9.17) is 11.6 Å². The monoisotopic (exact) mass is 300 g/mol. The molecular formula is C13H17ClN2O2S. The van der Waals surface area contributed by atoms with Gasteiger partial charge < -0.3 is 0 Å². The Hall–Kier alpha value is -1.07. The largest absolute Gasteiger partial charge is 0.267 e. The van der Waals surface area contributed by atoms with Crippen molar-refractivity contribution >= 4 is 33.7 Å². The SMILES string of the molecule is CC(CCCl)CCN1C=Nc2ccccc2S1(=O)=O. The fraction of sp³-hybridized carbons (Fsp3) is 0.462. The maximum atomic E-state index is 12.4.